The van der Waals surface area contributed by atoms with Gasteiger partial charge in [-0.1, -0.05) is 91.0 Å². The van der Waals surface area contributed by atoms with E-state index in [1.54, 1.807) is 0 Å². The molecule has 0 aliphatic carbocycles. The number of benzene rings is 3. The molecule has 3 aromatic rings. The summed E-state index contributed by atoms with van der Waals surface area (Å²) >= 11 is 0. The summed E-state index contributed by atoms with van der Waals surface area (Å²) in [5, 5.41) is 10.8. The standard InChI is InChI=1S/C29H40N4/c1-4-12-27(13-5-1)24-30-18-10-11-21-33(22-19-31-25-28-14-6-2-7-15-28)23-20-32-26-29-16-8-3-9-17-29/h1-9,12-17,30-32H,10-11,18-26H2. The van der Waals surface area contributed by atoms with Crippen molar-refractivity contribution >= 4 is 0 Å². The van der Waals surface area contributed by atoms with Crippen LogP contribution in [0.25, 0.3) is 0 Å². The minimum atomic E-state index is 0.935. The molecule has 0 heterocycles. The third-order valence-electron chi connectivity index (χ3n) is 5.80. The molecule has 0 atom stereocenters. The van der Waals surface area contributed by atoms with E-state index in [1.165, 1.54) is 29.5 Å². The molecule has 0 aliphatic rings. The topological polar surface area (TPSA) is 39.3 Å². The maximum Gasteiger partial charge on any atom is 0.0206 e. The molecule has 0 aliphatic heterocycles. The summed E-state index contributed by atoms with van der Waals surface area (Å²) < 4.78 is 0. The number of hydrogen-bond donors (Lipinski definition) is 3. The zero-order valence-electron chi connectivity index (χ0n) is 19.9. The smallest absolute Gasteiger partial charge is 0.0206 e. The molecule has 3 rings (SSSR count). The molecule has 3 N–H and O–H groups in total. The van der Waals surface area contributed by atoms with Gasteiger partial charge in [0.1, 0.15) is 0 Å². The number of hydrogen-bond acceptors (Lipinski definition) is 4. The molecule has 0 spiro atoms. The molecule has 33 heavy (non-hydrogen) atoms. The molecule has 4 heteroatoms. The van der Waals surface area contributed by atoms with Crippen molar-refractivity contribution in [1.29, 1.82) is 0 Å². The highest BCUT2D eigenvalue weighted by Gasteiger charge is 2.05. The Balaban J connectivity index is 1.32. The first-order valence-corrected chi connectivity index (χ1v) is 12.4. The number of unbranched alkanes of at least 4 members (excludes halogenated alkanes) is 1. The summed E-state index contributed by atoms with van der Waals surface area (Å²) in [6.45, 7) is 9.23. The zero-order chi connectivity index (χ0) is 22.8. The number of nitrogens with zero attached hydrogens (tertiary/aromatic N) is 1. The third-order valence-corrected chi connectivity index (χ3v) is 5.80. The van der Waals surface area contributed by atoms with Gasteiger partial charge in [0.25, 0.3) is 0 Å². The van der Waals surface area contributed by atoms with Crippen molar-refractivity contribution in [2.24, 2.45) is 0 Å². The van der Waals surface area contributed by atoms with Gasteiger partial charge in [0.2, 0.25) is 0 Å². The Morgan fingerprint density at radius 2 is 0.818 bits per heavy atom. The summed E-state index contributed by atoms with van der Waals surface area (Å²) in [6.07, 6.45) is 2.43. The van der Waals surface area contributed by atoms with Crippen LogP contribution < -0.4 is 16.0 Å². The molecule has 4 nitrogen and oxygen atoms in total. The minimum absolute atomic E-state index is 0.935. The predicted molar refractivity (Wildman–Crippen MR) is 140 cm³/mol. The maximum atomic E-state index is 3.60. The van der Waals surface area contributed by atoms with Gasteiger partial charge >= 0.3 is 0 Å². The summed E-state index contributed by atoms with van der Waals surface area (Å²) in [6, 6.07) is 31.9. The monoisotopic (exact) mass is 444 g/mol. The van der Waals surface area contributed by atoms with Crippen LogP contribution in [-0.2, 0) is 19.6 Å². The molecule has 0 amide bonds. The second-order valence-electron chi connectivity index (χ2n) is 8.54. The lowest BCUT2D eigenvalue weighted by atomic mass is 10.2. The van der Waals surface area contributed by atoms with E-state index in [1.807, 2.05) is 0 Å². The second-order valence-corrected chi connectivity index (χ2v) is 8.54. The van der Waals surface area contributed by atoms with Crippen LogP contribution in [0.5, 0.6) is 0 Å². The van der Waals surface area contributed by atoms with Gasteiger partial charge in [0.05, 0.1) is 0 Å². The SMILES string of the molecule is c1ccc(CNCCCCN(CCNCc2ccccc2)CCNCc2ccccc2)cc1. The van der Waals surface area contributed by atoms with Gasteiger partial charge in [-0.15, -0.1) is 0 Å². The lowest BCUT2D eigenvalue weighted by Crippen LogP contribution is -2.37. The molecule has 0 radical (unpaired) electrons. The van der Waals surface area contributed by atoms with Crippen LogP contribution >= 0.6 is 0 Å². The summed E-state index contributed by atoms with van der Waals surface area (Å²) in [7, 11) is 0. The van der Waals surface area contributed by atoms with E-state index in [0.29, 0.717) is 0 Å². The second kappa shape index (κ2) is 16.2. The Morgan fingerprint density at radius 1 is 0.424 bits per heavy atom. The third kappa shape index (κ3) is 11.3. The number of rotatable bonds is 17. The number of nitrogens with one attached hydrogen (secondary N) is 3. The van der Waals surface area contributed by atoms with Crippen molar-refractivity contribution < 1.29 is 0 Å². The van der Waals surface area contributed by atoms with Gasteiger partial charge < -0.3 is 20.9 Å². The van der Waals surface area contributed by atoms with E-state index in [2.05, 4.69) is 112 Å². The highest BCUT2D eigenvalue weighted by Crippen LogP contribution is 2.01. The fraction of sp³-hybridized carbons (Fsp3) is 0.379. The van der Waals surface area contributed by atoms with Crippen molar-refractivity contribution in [3.63, 3.8) is 0 Å². The van der Waals surface area contributed by atoms with E-state index in [-0.39, 0.29) is 0 Å². The van der Waals surface area contributed by atoms with Crippen molar-refractivity contribution in [3.05, 3.63) is 108 Å². The normalized spacial score (nSPS) is 11.2. The Hall–Kier alpha value is -2.50. The van der Waals surface area contributed by atoms with Crippen molar-refractivity contribution in [1.82, 2.24) is 20.9 Å². The van der Waals surface area contributed by atoms with Gasteiger partial charge in [0.15, 0.2) is 0 Å². The lowest BCUT2D eigenvalue weighted by molar-refractivity contribution is 0.266. The molecule has 0 saturated heterocycles. The molecular weight excluding hydrogens is 404 g/mol. The molecular formula is C29H40N4. The van der Waals surface area contributed by atoms with Gasteiger partial charge in [0, 0.05) is 45.8 Å². The Morgan fingerprint density at radius 3 is 1.24 bits per heavy atom. The van der Waals surface area contributed by atoms with Crippen LogP contribution in [0.3, 0.4) is 0 Å². The van der Waals surface area contributed by atoms with Crippen LogP contribution in [-0.4, -0.2) is 44.2 Å². The van der Waals surface area contributed by atoms with Gasteiger partial charge in [-0.05, 0) is 42.6 Å². The van der Waals surface area contributed by atoms with Crippen LogP contribution in [0.2, 0.25) is 0 Å². The zero-order valence-corrected chi connectivity index (χ0v) is 19.9. The average Bonchev–Trinajstić information content (AvgIpc) is 2.88. The first kappa shape index (κ1) is 25.1. The van der Waals surface area contributed by atoms with E-state index in [0.717, 1.165) is 58.9 Å². The summed E-state index contributed by atoms with van der Waals surface area (Å²) in [5.74, 6) is 0. The van der Waals surface area contributed by atoms with Gasteiger partial charge in [-0.3, -0.25) is 0 Å². The van der Waals surface area contributed by atoms with Gasteiger partial charge in [-0.25, -0.2) is 0 Å². The first-order valence-electron chi connectivity index (χ1n) is 12.4. The Kier molecular flexibility index (Phi) is 12.3. The van der Waals surface area contributed by atoms with E-state index >= 15 is 0 Å². The van der Waals surface area contributed by atoms with E-state index in [4.69, 9.17) is 0 Å². The van der Waals surface area contributed by atoms with Crippen LogP contribution in [0.15, 0.2) is 91.0 Å². The van der Waals surface area contributed by atoms with Crippen molar-refractivity contribution in [2.75, 3.05) is 39.3 Å². The molecule has 176 valence electrons. The Labute approximate surface area is 200 Å². The molecule has 0 unspecified atom stereocenters. The van der Waals surface area contributed by atoms with Crippen LogP contribution in [0.1, 0.15) is 29.5 Å². The predicted octanol–water partition coefficient (Wildman–Crippen LogP) is 4.44. The van der Waals surface area contributed by atoms with E-state index in [9.17, 15) is 0 Å². The molecule has 0 aromatic heterocycles. The molecule has 0 fully saturated rings. The minimum Gasteiger partial charge on any atom is -0.313 e. The highest BCUT2D eigenvalue weighted by atomic mass is 15.1. The van der Waals surface area contributed by atoms with Gasteiger partial charge in [-0.2, -0.15) is 0 Å². The first-order chi connectivity index (χ1) is 16.4. The fourth-order valence-electron chi connectivity index (χ4n) is 3.88. The Bertz CT molecular complexity index is 792. The largest absolute Gasteiger partial charge is 0.313 e. The lowest BCUT2D eigenvalue weighted by Gasteiger charge is -2.23. The molecule has 0 bridgehead atoms. The summed E-state index contributed by atoms with van der Waals surface area (Å²) in [4.78, 5) is 2.59. The van der Waals surface area contributed by atoms with Crippen molar-refractivity contribution in [3.8, 4) is 0 Å². The van der Waals surface area contributed by atoms with Crippen LogP contribution in [0, 0.1) is 0 Å². The van der Waals surface area contributed by atoms with Crippen LogP contribution in [0.4, 0.5) is 0 Å². The van der Waals surface area contributed by atoms with Crippen molar-refractivity contribution in [2.45, 2.75) is 32.5 Å². The average molecular weight is 445 g/mol. The highest BCUT2D eigenvalue weighted by molar-refractivity contribution is 5.15. The molecule has 3 aromatic carbocycles. The fourth-order valence-corrected chi connectivity index (χ4v) is 3.88. The maximum absolute atomic E-state index is 3.60. The quantitative estimate of drug-likeness (QED) is 0.269. The summed E-state index contributed by atoms with van der Waals surface area (Å²) in [5.41, 5.74) is 4.05. The molecule has 0 saturated carbocycles. The van der Waals surface area contributed by atoms with E-state index < -0.39 is 0 Å².